The van der Waals surface area contributed by atoms with E-state index in [1.165, 1.54) is 6.07 Å². The summed E-state index contributed by atoms with van der Waals surface area (Å²) in [4.78, 5) is 7.62. The second-order valence-corrected chi connectivity index (χ2v) is 6.97. The molecule has 0 bridgehead atoms. The monoisotopic (exact) mass is 387 g/mol. The van der Waals surface area contributed by atoms with Crippen molar-refractivity contribution in [2.24, 2.45) is 17.6 Å². The molecular formula is C18H21ClF3N3O. The molecule has 0 aliphatic carbocycles. The van der Waals surface area contributed by atoms with Crippen LogP contribution >= 0.6 is 11.6 Å². The molecular weight excluding hydrogens is 367 g/mol. The van der Waals surface area contributed by atoms with E-state index in [0.717, 1.165) is 24.9 Å². The van der Waals surface area contributed by atoms with E-state index in [4.69, 9.17) is 22.1 Å². The summed E-state index contributed by atoms with van der Waals surface area (Å²) in [5.41, 5.74) is 5.57. The Hall–Kier alpha value is -1.86. The molecule has 0 aromatic carbocycles. The van der Waals surface area contributed by atoms with Gasteiger partial charge in [-0.1, -0.05) is 32.4 Å². The Kier molecular flexibility index (Phi) is 6.83. The van der Waals surface area contributed by atoms with Gasteiger partial charge in [0.15, 0.2) is 5.82 Å². The first kappa shape index (κ1) is 20.5. The maximum Gasteiger partial charge on any atom is 0.267 e. The van der Waals surface area contributed by atoms with Crippen LogP contribution in [0.4, 0.5) is 13.2 Å². The van der Waals surface area contributed by atoms with E-state index in [1.54, 1.807) is 0 Å². The lowest BCUT2D eigenvalue weighted by molar-refractivity contribution is 0.114. The van der Waals surface area contributed by atoms with Gasteiger partial charge in [0.05, 0.1) is 23.7 Å². The number of aromatic nitrogens is 2. The predicted octanol–water partition coefficient (Wildman–Crippen LogP) is 5.22. The first-order chi connectivity index (χ1) is 12.2. The molecule has 0 saturated heterocycles. The number of halogens is 4. The van der Waals surface area contributed by atoms with Gasteiger partial charge in [0, 0.05) is 11.5 Å². The Balaban J connectivity index is 2.33. The van der Waals surface area contributed by atoms with Gasteiger partial charge in [-0.05, 0) is 24.5 Å². The minimum atomic E-state index is -2.83. The van der Waals surface area contributed by atoms with Crippen molar-refractivity contribution in [3.05, 3.63) is 41.1 Å². The van der Waals surface area contributed by atoms with Crippen molar-refractivity contribution in [2.75, 3.05) is 0 Å². The predicted molar refractivity (Wildman–Crippen MR) is 94.6 cm³/mol. The van der Waals surface area contributed by atoms with Gasteiger partial charge in [0.25, 0.3) is 6.43 Å². The Morgan fingerprint density at radius 3 is 2.46 bits per heavy atom. The SMILES string of the molecule is CC(C)CC(C)[C@@H](N)Oc1cnc(-c2cc(Cl)ncc2F)cc1C(F)F. The summed E-state index contributed by atoms with van der Waals surface area (Å²) >= 11 is 5.75. The molecule has 2 N–H and O–H groups in total. The summed E-state index contributed by atoms with van der Waals surface area (Å²) in [5, 5.41) is 0.0339. The van der Waals surface area contributed by atoms with Crippen LogP contribution in [0.5, 0.6) is 5.75 Å². The van der Waals surface area contributed by atoms with Crippen molar-refractivity contribution in [1.82, 2.24) is 9.97 Å². The molecule has 2 rings (SSSR count). The third-order valence-electron chi connectivity index (χ3n) is 3.90. The number of nitrogens with two attached hydrogens (primary N) is 1. The van der Waals surface area contributed by atoms with Gasteiger partial charge >= 0.3 is 0 Å². The average Bonchev–Trinajstić information content (AvgIpc) is 2.56. The van der Waals surface area contributed by atoms with E-state index < -0.39 is 24.0 Å². The molecule has 2 atom stereocenters. The van der Waals surface area contributed by atoms with Gasteiger partial charge in [0.1, 0.15) is 17.1 Å². The molecule has 0 radical (unpaired) electrons. The normalized spacial score (nSPS) is 13.9. The van der Waals surface area contributed by atoms with Crippen LogP contribution in [0.25, 0.3) is 11.3 Å². The third-order valence-corrected chi connectivity index (χ3v) is 4.10. The zero-order chi connectivity index (χ0) is 19.4. The summed E-state index contributed by atoms with van der Waals surface area (Å²) in [7, 11) is 0. The summed E-state index contributed by atoms with van der Waals surface area (Å²) in [6.45, 7) is 5.97. The molecule has 4 nitrogen and oxygen atoms in total. The fourth-order valence-corrected chi connectivity index (χ4v) is 2.78. The maximum absolute atomic E-state index is 13.9. The molecule has 0 aliphatic heterocycles. The van der Waals surface area contributed by atoms with Gasteiger partial charge in [-0.15, -0.1) is 0 Å². The molecule has 0 spiro atoms. The number of hydrogen-bond acceptors (Lipinski definition) is 4. The largest absolute Gasteiger partial charge is 0.473 e. The zero-order valence-electron chi connectivity index (χ0n) is 14.7. The molecule has 2 heterocycles. The second kappa shape index (κ2) is 8.68. The van der Waals surface area contributed by atoms with Gasteiger partial charge in [-0.25, -0.2) is 18.2 Å². The number of hydrogen-bond donors (Lipinski definition) is 1. The van der Waals surface area contributed by atoms with E-state index in [1.807, 2.05) is 20.8 Å². The van der Waals surface area contributed by atoms with E-state index >= 15 is 0 Å². The first-order valence-electron chi connectivity index (χ1n) is 8.20. The van der Waals surface area contributed by atoms with E-state index in [-0.39, 0.29) is 28.1 Å². The van der Waals surface area contributed by atoms with Crippen LogP contribution in [0.3, 0.4) is 0 Å². The lowest BCUT2D eigenvalue weighted by atomic mass is 9.97. The quantitative estimate of drug-likeness (QED) is 0.522. The van der Waals surface area contributed by atoms with E-state index in [0.29, 0.717) is 5.92 Å². The van der Waals surface area contributed by atoms with Crippen molar-refractivity contribution in [3.63, 3.8) is 0 Å². The van der Waals surface area contributed by atoms with Crippen molar-refractivity contribution < 1.29 is 17.9 Å². The maximum atomic E-state index is 13.9. The Morgan fingerprint density at radius 1 is 1.15 bits per heavy atom. The number of pyridine rings is 2. The minimum absolute atomic E-state index is 0.0123. The lowest BCUT2D eigenvalue weighted by Gasteiger charge is -2.24. The van der Waals surface area contributed by atoms with Crippen LogP contribution in [0.2, 0.25) is 5.15 Å². The Bertz CT molecular complexity index is 758. The number of rotatable bonds is 7. The summed E-state index contributed by atoms with van der Waals surface area (Å²) in [6, 6.07) is 2.31. The molecule has 142 valence electrons. The lowest BCUT2D eigenvalue weighted by Crippen LogP contribution is -2.35. The van der Waals surface area contributed by atoms with Gasteiger partial charge in [0.2, 0.25) is 0 Å². The Labute approximate surface area is 155 Å². The Morgan fingerprint density at radius 2 is 1.85 bits per heavy atom. The zero-order valence-corrected chi connectivity index (χ0v) is 15.5. The van der Waals surface area contributed by atoms with Crippen molar-refractivity contribution in [1.29, 1.82) is 0 Å². The highest BCUT2D eigenvalue weighted by Gasteiger charge is 2.22. The van der Waals surface area contributed by atoms with Crippen molar-refractivity contribution in [3.8, 4) is 17.0 Å². The van der Waals surface area contributed by atoms with Crippen LogP contribution < -0.4 is 10.5 Å². The van der Waals surface area contributed by atoms with Gasteiger partial charge in [-0.2, -0.15) is 0 Å². The molecule has 1 unspecified atom stereocenters. The van der Waals surface area contributed by atoms with Crippen LogP contribution in [-0.4, -0.2) is 16.2 Å². The molecule has 8 heteroatoms. The van der Waals surface area contributed by atoms with Crippen LogP contribution in [0.15, 0.2) is 24.5 Å². The standard InChI is InChI=1S/C18H21ClF3N3O/c1-9(2)4-10(3)18(23)26-15-8-24-14(5-12(15)17(21)22)11-6-16(19)25-7-13(11)20/h5-10,17-18H,4,23H2,1-3H3/t10?,18-/m0/s1. The highest BCUT2D eigenvalue weighted by atomic mass is 35.5. The first-order valence-corrected chi connectivity index (χ1v) is 8.58. The van der Waals surface area contributed by atoms with Crippen molar-refractivity contribution in [2.45, 2.75) is 39.8 Å². The van der Waals surface area contributed by atoms with Crippen LogP contribution in [-0.2, 0) is 0 Å². The summed E-state index contributed by atoms with van der Waals surface area (Å²) < 4.78 is 46.4. The smallest absolute Gasteiger partial charge is 0.267 e. The number of nitrogens with zero attached hydrogens (tertiary/aromatic N) is 2. The van der Waals surface area contributed by atoms with Gasteiger partial charge in [-0.3, -0.25) is 10.7 Å². The molecule has 0 fully saturated rings. The molecule has 0 amide bonds. The molecule has 2 aromatic rings. The highest BCUT2D eigenvalue weighted by Crippen LogP contribution is 2.34. The number of ether oxygens (including phenoxy) is 1. The molecule has 2 aromatic heterocycles. The number of alkyl halides is 2. The van der Waals surface area contributed by atoms with Crippen LogP contribution in [0.1, 0.15) is 39.2 Å². The molecule has 26 heavy (non-hydrogen) atoms. The summed E-state index contributed by atoms with van der Waals surface area (Å²) in [6.07, 6.45) is -0.756. The van der Waals surface area contributed by atoms with E-state index in [2.05, 4.69) is 9.97 Å². The average molecular weight is 388 g/mol. The highest BCUT2D eigenvalue weighted by molar-refractivity contribution is 6.29. The second-order valence-electron chi connectivity index (χ2n) is 6.58. The van der Waals surface area contributed by atoms with Crippen LogP contribution in [0, 0.1) is 17.7 Å². The molecule has 0 saturated carbocycles. The van der Waals surface area contributed by atoms with Gasteiger partial charge < -0.3 is 4.74 Å². The summed E-state index contributed by atoms with van der Waals surface area (Å²) in [5.74, 6) is -0.462. The fourth-order valence-electron chi connectivity index (χ4n) is 2.62. The van der Waals surface area contributed by atoms with Crippen molar-refractivity contribution >= 4 is 11.6 Å². The minimum Gasteiger partial charge on any atom is -0.473 e. The fraction of sp³-hybridized carbons (Fsp3) is 0.444. The topological polar surface area (TPSA) is 61.0 Å². The van der Waals surface area contributed by atoms with E-state index in [9.17, 15) is 13.2 Å². The third kappa shape index (κ3) is 5.08. The molecule has 0 aliphatic rings.